The van der Waals surface area contributed by atoms with Crippen LogP contribution in [0.5, 0.6) is 0 Å². The van der Waals surface area contributed by atoms with Crippen molar-refractivity contribution in [3.8, 4) is 12.1 Å². The Kier molecular flexibility index (Phi) is 5.09. The first-order valence-corrected chi connectivity index (χ1v) is 7.96. The fourth-order valence-corrected chi connectivity index (χ4v) is 2.72. The van der Waals surface area contributed by atoms with Crippen molar-refractivity contribution >= 4 is 27.1 Å². The smallest absolute Gasteiger partial charge is 0.261 e. The lowest BCUT2D eigenvalue weighted by Crippen LogP contribution is -2.13. The van der Waals surface area contributed by atoms with Crippen LogP contribution in [0.3, 0.4) is 0 Å². The second-order valence-corrected chi connectivity index (χ2v) is 6.09. The van der Waals surface area contributed by atoms with Gasteiger partial charge < -0.3 is 0 Å². The van der Waals surface area contributed by atoms with Crippen LogP contribution in [0.1, 0.15) is 0 Å². The molecule has 2 aromatic rings. The van der Waals surface area contributed by atoms with Gasteiger partial charge in [-0.1, -0.05) is 12.1 Å². The zero-order valence-electron chi connectivity index (χ0n) is 12.1. The van der Waals surface area contributed by atoms with E-state index in [0.29, 0.717) is 5.69 Å². The third-order valence-corrected chi connectivity index (χ3v) is 4.17. The summed E-state index contributed by atoms with van der Waals surface area (Å²) in [5.74, 6) is -0.686. The van der Waals surface area contributed by atoms with Crippen molar-refractivity contribution in [2.24, 2.45) is 5.10 Å². The first kappa shape index (κ1) is 16.9. The van der Waals surface area contributed by atoms with Crippen molar-refractivity contribution in [2.75, 3.05) is 10.1 Å². The van der Waals surface area contributed by atoms with E-state index in [1.807, 2.05) is 0 Å². The Morgan fingerprint density at radius 1 is 1.04 bits per heavy atom. The number of sulfonamides is 1. The molecule has 0 aromatic heterocycles. The second-order valence-electron chi connectivity index (χ2n) is 4.41. The van der Waals surface area contributed by atoms with Gasteiger partial charge in [0.05, 0.1) is 16.3 Å². The molecule has 0 aliphatic rings. The predicted molar refractivity (Wildman–Crippen MR) is 85.9 cm³/mol. The topological polar surface area (TPSA) is 118 Å². The standard InChI is InChI=1S/C15H10FN5O2S/c16-14-3-1-2-4-15(14)21-24(22,23)13-7-5-11(6-8-13)19-20-12(9-17)10-18/h1-8,19,21H. The molecule has 0 aliphatic heterocycles. The normalized spacial score (nSPS) is 10.1. The lowest BCUT2D eigenvalue weighted by molar-refractivity contribution is 0.598. The van der Waals surface area contributed by atoms with Gasteiger partial charge in [-0.2, -0.15) is 15.6 Å². The Balaban J connectivity index is 2.18. The lowest BCUT2D eigenvalue weighted by atomic mass is 10.3. The molecule has 0 heterocycles. The van der Waals surface area contributed by atoms with E-state index < -0.39 is 15.8 Å². The van der Waals surface area contributed by atoms with Crippen molar-refractivity contribution in [1.29, 1.82) is 10.5 Å². The molecule has 0 unspecified atom stereocenters. The Hall–Kier alpha value is -3.43. The highest BCUT2D eigenvalue weighted by atomic mass is 32.2. The van der Waals surface area contributed by atoms with Gasteiger partial charge in [-0.05, 0) is 36.4 Å². The fraction of sp³-hybridized carbons (Fsp3) is 0. The third kappa shape index (κ3) is 4.06. The summed E-state index contributed by atoms with van der Waals surface area (Å²) in [6.07, 6.45) is 0. The molecule has 0 spiro atoms. The predicted octanol–water partition coefficient (Wildman–Crippen LogP) is 2.44. The summed E-state index contributed by atoms with van der Waals surface area (Å²) >= 11 is 0. The number of para-hydroxylation sites is 1. The molecular formula is C15H10FN5O2S. The van der Waals surface area contributed by atoms with E-state index in [1.165, 1.54) is 42.5 Å². The van der Waals surface area contributed by atoms with Crippen LogP contribution in [0.25, 0.3) is 0 Å². The molecule has 2 rings (SSSR count). The summed E-state index contributed by atoms with van der Waals surface area (Å²) in [5.41, 5.74) is 2.31. The SMILES string of the molecule is N#CC(C#N)=NNc1ccc(S(=O)(=O)Nc2ccccc2F)cc1. The number of hydrazone groups is 1. The highest BCUT2D eigenvalue weighted by molar-refractivity contribution is 7.92. The van der Waals surface area contributed by atoms with Gasteiger partial charge in [-0.25, -0.2) is 12.8 Å². The van der Waals surface area contributed by atoms with E-state index in [1.54, 1.807) is 12.1 Å². The van der Waals surface area contributed by atoms with Crippen LogP contribution >= 0.6 is 0 Å². The number of benzene rings is 2. The minimum Gasteiger partial charge on any atom is -0.277 e. The number of hydrogen-bond donors (Lipinski definition) is 2. The van der Waals surface area contributed by atoms with Crippen LogP contribution in [0.15, 0.2) is 58.5 Å². The number of nitrogens with zero attached hydrogens (tertiary/aromatic N) is 3. The Bertz CT molecular complexity index is 941. The maximum absolute atomic E-state index is 13.5. The van der Waals surface area contributed by atoms with Gasteiger partial charge in [0.15, 0.2) is 0 Å². The zero-order valence-corrected chi connectivity index (χ0v) is 12.9. The summed E-state index contributed by atoms with van der Waals surface area (Å²) < 4.78 is 40.1. The molecule has 2 N–H and O–H groups in total. The Morgan fingerprint density at radius 3 is 2.25 bits per heavy atom. The van der Waals surface area contributed by atoms with Gasteiger partial charge in [0.2, 0.25) is 5.71 Å². The molecule has 7 nitrogen and oxygen atoms in total. The third-order valence-electron chi connectivity index (χ3n) is 2.79. The first-order valence-electron chi connectivity index (χ1n) is 6.47. The Labute approximate surface area is 137 Å². The molecule has 0 atom stereocenters. The van der Waals surface area contributed by atoms with Crippen LogP contribution in [0.2, 0.25) is 0 Å². The highest BCUT2D eigenvalue weighted by Gasteiger charge is 2.15. The second kappa shape index (κ2) is 7.22. The van der Waals surface area contributed by atoms with E-state index in [9.17, 15) is 12.8 Å². The number of rotatable bonds is 5. The molecule has 0 radical (unpaired) electrons. The average Bonchev–Trinajstić information content (AvgIpc) is 2.58. The maximum Gasteiger partial charge on any atom is 0.261 e. The molecule has 120 valence electrons. The molecule has 2 aromatic carbocycles. The van der Waals surface area contributed by atoms with Crippen molar-refractivity contribution in [1.82, 2.24) is 0 Å². The maximum atomic E-state index is 13.5. The van der Waals surface area contributed by atoms with Crippen molar-refractivity contribution in [3.05, 3.63) is 54.3 Å². The number of halogens is 1. The fourth-order valence-electron chi connectivity index (χ4n) is 1.65. The van der Waals surface area contributed by atoms with E-state index in [2.05, 4.69) is 15.2 Å². The minimum atomic E-state index is -3.95. The van der Waals surface area contributed by atoms with Gasteiger partial charge >= 0.3 is 0 Å². The van der Waals surface area contributed by atoms with Crippen LogP contribution in [-0.4, -0.2) is 14.1 Å². The summed E-state index contributed by atoms with van der Waals surface area (Å²) in [4.78, 5) is -0.0823. The van der Waals surface area contributed by atoms with Crippen LogP contribution in [-0.2, 0) is 10.0 Å². The average molecular weight is 343 g/mol. The largest absolute Gasteiger partial charge is 0.277 e. The molecular weight excluding hydrogens is 333 g/mol. The van der Waals surface area contributed by atoms with Gasteiger partial charge in [0, 0.05) is 0 Å². The monoisotopic (exact) mass is 343 g/mol. The molecule has 0 fully saturated rings. The molecule has 9 heteroatoms. The Morgan fingerprint density at radius 2 is 1.67 bits per heavy atom. The first-order chi connectivity index (χ1) is 11.5. The van der Waals surface area contributed by atoms with E-state index in [4.69, 9.17) is 10.5 Å². The van der Waals surface area contributed by atoms with E-state index in [-0.39, 0.29) is 16.3 Å². The molecule has 0 saturated carbocycles. The van der Waals surface area contributed by atoms with Crippen molar-refractivity contribution < 1.29 is 12.8 Å². The van der Waals surface area contributed by atoms with Crippen molar-refractivity contribution in [3.63, 3.8) is 0 Å². The molecule has 0 amide bonds. The minimum absolute atomic E-state index is 0.0823. The van der Waals surface area contributed by atoms with Crippen molar-refractivity contribution in [2.45, 2.75) is 4.90 Å². The van der Waals surface area contributed by atoms with Gasteiger partial charge in [0.25, 0.3) is 10.0 Å². The van der Waals surface area contributed by atoms with Gasteiger partial charge in [-0.15, -0.1) is 0 Å². The quantitative estimate of drug-likeness (QED) is 0.638. The van der Waals surface area contributed by atoms with Crippen LogP contribution < -0.4 is 10.1 Å². The molecule has 0 saturated heterocycles. The molecule has 0 bridgehead atoms. The van der Waals surface area contributed by atoms with Crippen LogP contribution in [0, 0.1) is 28.5 Å². The molecule has 24 heavy (non-hydrogen) atoms. The summed E-state index contributed by atoms with van der Waals surface area (Å²) in [5, 5.41) is 20.6. The van der Waals surface area contributed by atoms with E-state index in [0.717, 1.165) is 6.07 Å². The summed E-state index contributed by atoms with van der Waals surface area (Å²) in [7, 11) is -3.95. The summed E-state index contributed by atoms with van der Waals surface area (Å²) in [6.45, 7) is 0. The van der Waals surface area contributed by atoms with Gasteiger partial charge in [0.1, 0.15) is 18.0 Å². The zero-order chi connectivity index (χ0) is 17.6. The van der Waals surface area contributed by atoms with E-state index >= 15 is 0 Å². The number of nitriles is 2. The lowest BCUT2D eigenvalue weighted by Gasteiger charge is -2.09. The molecule has 0 aliphatic carbocycles. The number of hydrogen-bond acceptors (Lipinski definition) is 6. The number of nitrogens with one attached hydrogen (secondary N) is 2. The summed E-state index contributed by atoms with van der Waals surface area (Å²) in [6, 6.07) is 13.9. The number of anilines is 2. The van der Waals surface area contributed by atoms with Gasteiger partial charge in [-0.3, -0.25) is 10.1 Å². The highest BCUT2D eigenvalue weighted by Crippen LogP contribution is 2.20. The van der Waals surface area contributed by atoms with Crippen LogP contribution in [0.4, 0.5) is 15.8 Å².